The van der Waals surface area contributed by atoms with Crippen LogP contribution in [-0.4, -0.2) is 6.91 Å². The van der Waals surface area contributed by atoms with Gasteiger partial charge in [0.25, 0.3) is 0 Å². The van der Waals surface area contributed by atoms with Gasteiger partial charge in [-0.25, -0.2) is 0 Å². The Hall–Kier alpha value is -2.31. The molecule has 3 rings (SSSR count). The van der Waals surface area contributed by atoms with Gasteiger partial charge in [0, 0.05) is 0 Å². The monoisotopic (exact) mass is 310 g/mol. The topological polar surface area (TPSA) is 0 Å². The van der Waals surface area contributed by atoms with E-state index in [1.54, 1.807) is 6.07 Å². The predicted molar refractivity (Wildman–Crippen MR) is 70.5 cm³/mol. The van der Waals surface area contributed by atoms with Crippen LogP contribution >= 0.6 is 0 Å². The number of hydrogen-bond acceptors (Lipinski definition) is 0. The summed E-state index contributed by atoms with van der Waals surface area (Å²) in [6.07, 6.45) is 0. The van der Waals surface area contributed by atoms with Crippen LogP contribution in [0.1, 0.15) is 0 Å². The second kappa shape index (κ2) is 5.16. The zero-order chi connectivity index (χ0) is 16.0. The van der Waals surface area contributed by atoms with Crippen molar-refractivity contribution in [1.82, 2.24) is 0 Å². The molecule has 110 valence electrons. The number of rotatable bonds is 1. The first kappa shape index (κ1) is 14.6. The van der Waals surface area contributed by atoms with Crippen molar-refractivity contribution >= 4 is 17.7 Å². The number of halogens is 6. The van der Waals surface area contributed by atoms with Crippen LogP contribution in [0, 0.1) is 34.9 Å². The summed E-state index contributed by atoms with van der Waals surface area (Å²) in [7, 11) is 0. The van der Waals surface area contributed by atoms with Crippen LogP contribution in [0.25, 0.3) is 21.8 Å². The Labute approximate surface area is 121 Å². The maximum absolute atomic E-state index is 14.1. The van der Waals surface area contributed by atoms with Crippen LogP contribution in [0.15, 0.2) is 30.2 Å². The van der Waals surface area contributed by atoms with E-state index in [4.69, 9.17) is 0 Å². The van der Waals surface area contributed by atoms with Crippen molar-refractivity contribution in [2.45, 2.75) is 0 Å². The number of fused-ring (bicyclic) bond motifs is 1. The molecule has 0 aliphatic heterocycles. The first-order chi connectivity index (χ1) is 10.4. The van der Waals surface area contributed by atoms with E-state index in [0.717, 1.165) is 0 Å². The zero-order valence-electron chi connectivity index (χ0n) is 10.7. The normalized spacial score (nSPS) is 11.0. The molecule has 0 radical (unpaired) electrons. The zero-order valence-corrected chi connectivity index (χ0v) is 10.7. The SMILES string of the molecule is Fc1cc2c(F)c(F)c(F)c(F)c2c(-c2bcccc2)c1F. The molecule has 0 unspecified atom stereocenters. The van der Waals surface area contributed by atoms with Crippen LogP contribution in [-0.2, 0) is 0 Å². The van der Waals surface area contributed by atoms with Gasteiger partial charge in [0.15, 0.2) is 0 Å². The summed E-state index contributed by atoms with van der Waals surface area (Å²) in [5.74, 6) is -9.20. The first-order valence-electron chi connectivity index (χ1n) is 6.12. The van der Waals surface area contributed by atoms with Crippen molar-refractivity contribution in [3.8, 4) is 11.0 Å². The predicted octanol–water partition coefficient (Wildman–Crippen LogP) is 4.68. The molecule has 0 nitrogen and oxygen atoms in total. The molecule has 0 aliphatic carbocycles. The van der Waals surface area contributed by atoms with Gasteiger partial charge in [0.1, 0.15) is 0 Å². The fourth-order valence-electron chi connectivity index (χ4n) is 2.32. The van der Waals surface area contributed by atoms with E-state index >= 15 is 0 Å². The summed E-state index contributed by atoms with van der Waals surface area (Å²) >= 11 is 0. The van der Waals surface area contributed by atoms with Gasteiger partial charge in [-0.15, -0.1) is 0 Å². The van der Waals surface area contributed by atoms with Crippen LogP contribution < -0.4 is 0 Å². The van der Waals surface area contributed by atoms with Crippen LogP contribution in [0.4, 0.5) is 26.3 Å². The third-order valence-electron chi connectivity index (χ3n) is 3.32. The molecule has 0 aliphatic rings. The summed E-state index contributed by atoms with van der Waals surface area (Å²) in [6, 6.07) is 4.65. The van der Waals surface area contributed by atoms with Crippen molar-refractivity contribution in [2.75, 3.05) is 0 Å². The molecule has 0 N–H and O–H groups in total. The minimum absolute atomic E-state index is 0.00816. The fourth-order valence-corrected chi connectivity index (χ4v) is 2.32. The van der Waals surface area contributed by atoms with E-state index in [-0.39, 0.29) is 5.46 Å². The van der Waals surface area contributed by atoms with Gasteiger partial charge in [-0.2, -0.15) is 0 Å². The molecule has 22 heavy (non-hydrogen) atoms. The Kier molecular flexibility index (Phi) is 3.43. The van der Waals surface area contributed by atoms with Gasteiger partial charge >= 0.3 is 120 Å². The molecule has 0 fully saturated rings. The Morgan fingerprint density at radius 3 is 2.05 bits per heavy atom. The summed E-state index contributed by atoms with van der Waals surface area (Å²) in [5, 5.41) is -1.71. The van der Waals surface area contributed by atoms with Crippen molar-refractivity contribution in [2.24, 2.45) is 0 Å². The fraction of sp³-hybridized carbons (Fsp3) is 0. The summed E-state index contributed by atoms with van der Waals surface area (Å²) in [4.78, 5) is 0. The molecule has 0 spiro atoms. The molecule has 0 bridgehead atoms. The molecule has 7 heteroatoms. The molecule has 1 aromatic heterocycles. The van der Waals surface area contributed by atoms with Gasteiger partial charge in [0.05, 0.1) is 0 Å². The van der Waals surface area contributed by atoms with Crippen LogP contribution in [0.3, 0.4) is 0 Å². The van der Waals surface area contributed by atoms with Gasteiger partial charge in [0.2, 0.25) is 0 Å². The molecule has 2 aromatic carbocycles. The van der Waals surface area contributed by atoms with Crippen molar-refractivity contribution < 1.29 is 26.3 Å². The first-order valence-corrected chi connectivity index (χ1v) is 6.12. The quantitative estimate of drug-likeness (QED) is 0.348. The third-order valence-corrected chi connectivity index (χ3v) is 3.32. The van der Waals surface area contributed by atoms with E-state index in [1.807, 2.05) is 0 Å². The molecule has 0 amide bonds. The summed E-state index contributed by atoms with van der Waals surface area (Å²) < 4.78 is 82.3. The molecule has 0 saturated heterocycles. The number of benzene rings is 2. The minimum atomic E-state index is -2.08. The Balaban J connectivity index is 2.59. The second-order valence-corrected chi connectivity index (χ2v) is 4.59. The molecular weight excluding hydrogens is 305 g/mol. The maximum atomic E-state index is 14.1. The van der Waals surface area contributed by atoms with E-state index in [0.29, 0.717) is 6.07 Å². The van der Waals surface area contributed by atoms with Gasteiger partial charge in [-0.05, 0) is 0 Å². The van der Waals surface area contributed by atoms with Crippen molar-refractivity contribution in [1.29, 1.82) is 0 Å². The molecule has 3 aromatic rings. The Bertz CT molecular complexity index is 892. The number of hydrogen-bond donors (Lipinski definition) is 0. The van der Waals surface area contributed by atoms with E-state index in [2.05, 4.69) is 0 Å². The van der Waals surface area contributed by atoms with Crippen molar-refractivity contribution in [3.63, 3.8) is 0 Å². The molecule has 0 saturated carbocycles. The Morgan fingerprint density at radius 1 is 0.727 bits per heavy atom. The summed E-state index contributed by atoms with van der Waals surface area (Å²) in [6.45, 7) is 1.32. The average molecular weight is 310 g/mol. The van der Waals surface area contributed by atoms with Crippen LogP contribution in [0.5, 0.6) is 0 Å². The van der Waals surface area contributed by atoms with E-state index in [9.17, 15) is 26.3 Å². The molecular formula is C15H5BF6. The Morgan fingerprint density at radius 2 is 1.41 bits per heavy atom. The van der Waals surface area contributed by atoms with Gasteiger partial charge < -0.3 is 0 Å². The van der Waals surface area contributed by atoms with Crippen LogP contribution in [0.2, 0.25) is 0 Å². The van der Waals surface area contributed by atoms with E-state index < -0.39 is 51.2 Å². The average Bonchev–Trinajstić information content (AvgIpc) is 2.53. The molecule has 1 heterocycles. The summed E-state index contributed by atoms with van der Waals surface area (Å²) in [5.41, 5.74) is -0.653. The van der Waals surface area contributed by atoms with Gasteiger partial charge in [-0.3, -0.25) is 0 Å². The van der Waals surface area contributed by atoms with E-state index in [1.165, 1.54) is 25.0 Å². The van der Waals surface area contributed by atoms with Crippen molar-refractivity contribution in [3.05, 3.63) is 65.1 Å². The second-order valence-electron chi connectivity index (χ2n) is 4.59. The van der Waals surface area contributed by atoms with Gasteiger partial charge in [-0.1, -0.05) is 0 Å². The standard InChI is InChI=1S/C15H5BF6/c17-8-5-6-9(13(20)15(22)14(21)11(6)18)10(12(8)19)7-3-1-2-4-16-7/h1-5H. The molecule has 0 atom stereocenters. The third kappa shape index (κ3) is 2.00.